The highest BCUT2D eigenvalue weighted by molar-refractivity contribution is 5.38. The Morgan fingerprint density at radius 3 is 2.75 bits per heavy atom. The number of fused-ring (bicyclic) bond motifs is 1. The van der Waals surface area contributed by atoms with Gasteiger partial charge in [-0.3, -0.25) is 0 Å². The first-order valence-electron chi connectivity index (χ1n) is 13.9. The van der Waals surface area contributed by atoms with E-state index < -0.39 is 17.8 Å². The monoisotopic (exact) mass is 494 g/mol. The summed E-state index contributed by atoms with van der Waals surface area (Å²) in [6, 6.07) is 7.81. The van der Waals surface area contributed by atoms with Crippen molar-refractivity contribution in [2.45, 2.75) is 96.9 Å². The maximum Gasteiger partial charge on any atom is 0.119 e. The zero-order valence-electron chi connectivity index (χ0n) is 22.7. The SMILES string of the molecule is C=C1/C(=C\C=C2/CCC[C@]3(C)[C@@H](C[C@@H](C)COc4cccc(C(C)(C)O)c4)CC[C@@H]23)C[C@@H](O)C[C@@H]1O. The van der Waals surface area contributed by atoms with Crippen LogP contribution in [-0.4, -0.2) is 34.1 Å². The van der Waals surface area contributed by atoms with Crippen molar-refractivity contribution in [2.75, 3.05) is 6.61 Å². The van der Waals surface area contributed by atoms with E-state index in [0.717, 1.165) is 28.9 Å². The van der Waals surface area contributed by atoms with Gasteiger partial charge in [0.15, 0.2) is 0 Å². The molecular formula is C32H46O4. The van der Waals surface area contributed by atoms with Gasteiger partial charge in [0.2, 0.25) is 0 Å². The molecule has 0 unspecified atom stereocenters. The summed E-state index contributed by atoms with van der Waals surface area (Å²) in [6.45, 7) is 13.2. The normalized spacial score (nSPS) is 34.1. The Labute approximate surface area is 217 Å². The minimum Gasteiger partial charge on any atom is -0.493 e. The lowest BCUT2D eigenvalue weighted by atomic mass is 9.62. The molecule has 0 saturated heterocycles. The molecule has 0 aromatic heterocycles. The highest BCUT2D eigenvalue weighted by atomic mass is 16.5. The number of ether oxygens (including phenoxy) is 1. The Kier molecular flexibility index (Phi) is 8.19. The summed E-state index contributed by atoms with van der Waals surface area (Å²) in [5, 5.41) is 30.6. The third-order valence-electron chi connectivity index (χ3n) is 9.19. The maximum atomic E-state index is 10.3. The Balaban J connectivity index is 1.39. The Morgan fingerprint density at radius 1 is 1.22 bits per heavy atom. The zero-order valence-corrected chi connectivity index (χ0v) is 22.7. The summed E-state index contributed by atoms with van der Waals surface area (Å²) in [5.74, 6) is 2.58. The number of rotatable bonds is 7. The average Bonchev–Trinajstić information content (AvgIpc) is 3.15. The van der Waals surface area contributed by atoms with Crippen LogP contribution in [0.4, 0.5) is 0 Å². The molecule has 3 fully saturated rings. The molecule has 0 aliphatic heterocycles. The highest BCUT2D eigenvalue weighted by Gasteiger charge is 2.49. The van der Waals surface area contributed by atoms with E-state index >= 15 is 0 Å². The second kappa shape index (κ2) is 10.8. The molecule has 0 bridgehead atoms. The van der Waals surface area contributed by atoms with Gasteiger partial charge in [-0.1, -0.05) is 50.3 Å². The van der Waals surface area contributed by atoms with E-state index in [2.05, 4.69) is 32.6 Å². The quantitative estimate of drug-likeness (QED) is 0.407. The molecule has 3 aliphatic carbocycles. The number of hydrogen-bond acceptors (Lipinski definition) is 4. The fourth-order valence-corrected chi connectivity index (χ4v) is 6.96. The van der Waals surface area contributed by atoms with Gasteiger partial charge in [0, 0.05) is 6.42 Å². The van der Waals surface area contributed by atoms with E-state index in [1.165, 1.54) is 37.7 Å². The van der Waals surface area contributed by atoms with Crippen LogP contribution >= 0.6 is 0 Å². The summed E-state index contributed by atoms with van der Waals surface area (Å²) in [4.78, 5) is 0. The van der Waals surface area contributed by atoms with Crippen LogP contribution in [-0.2, 0) is 5.60 Å². The van der Waals surface area contributed by atoms with Gasteiger partial charge >= 0.3 is 0 Å². The van der Waals surface area contributed by atoms with Gasteiger partial charge in [0.1, 0.15) is 5.75 Å². The third-order valence-corrected chi connectivity index (χ3v) is 9.19. The van der Waals surface area contributed by atoms with E-state index in [9.17, 15) is 15.3 Å². The molecule has 4 nitrogen and oxygen atoms in total. The molecule has 6 atom stereocenters. The van der Waals surface area contributed by atoms with Crippen molar-refractivity contribution in [3.05, 3.63) is 65.3 Å². The van der Waals surface area contributed by atoms with Crippen molar-refractivity contribution in [1.29, 1.82) is 0 Å². The number of benzene rings is 1. The molecule has 0 spiro atoms. The minimum atomic E-state index is -0.871. The molecule has 3 aliphatic rings. The first-order chi connectivity index (χ1) is 17.0. The first kappa shape index (κ1) is 27.2. The molecule has 4 rings (SSSR count). The number of aliphatic hydroxyl groups excluding tert-OH is 2. The van der Waals surface area contributed by atoms with Gasteiger partial charge in [0.05, 0.1) is 24.4 Å². The first-order valence-corrected chi connectivity index (χ1v) is 13.9. The van der Waals surface area contributed by atoms with Gasteiger partial charge in [0.25, 0.3) is 0 Å². The Bertz CT molecular complexity index is 1000. The molecule has 36 heavy (non-hydrogen) atoms. The summed E-state index contributed by atoms with van der Waals surface area (Å²) in [6.07, 6.45) is 11.6. The number of hydrogen-bond donors (Lipinski definition) is 3. The minimum absolute atomic E-state index is 0.320. The summed E-state index contributed by atoms with van der Waals surface area (Å²) in [7, 11) is 0. The molecule has 3 N–H and O–H groups in total. The molecule has 1 aromatic carbocycles. The molecule has 1 aromatic rings. The second-order valence-corrected chi connectivity index (χ2v) is 12.5. The van der Waals surface area contributed by atoms with E-state index in [1.54, 1.807) is 13.8 Å². The van der Waals surface area contributed by atoms with Gasteiger partial charge in [-0.05, 0) is 111 Å². The molecule has 3 saturated carbocycles. The van der Waals surface area contributed by atoms with Crippen molar-refractivity contribution < 1.29 is 20.1 Å². The van der Waals surface area contributed by atoms with Crippen molar-refractivity contribution in [1.82, 2.24) is 0 Å². The smallest absolute Gasteiger partial charge is 0.119 e. The van der Waals surface area contributed by atoms with Crippen LogP contribution in [0, 0.1) is 23.2 Å². The topological polar surface area (TPSA) is 69.9 Å². The van der Waals surface area contributed by atoms with E-state index in [1.807, 2.05) is 24.3 Å². The molecule has 198 valence electrons. The van der Waals surface area contributed by atoms with Crippen LogP contribution in [0.15, 0.2) is 59.7 Å². The van der Waals surface area contributed by atoms with Crippen molar-refractivity contribution in [3.8, 4) is 5.75 Å². The van der Waals surface area contributed by atoms with Crippen LogP contribution < -0.4 is 4.74 Å². The standard InChI is InChI=1S/C32H46O4/c1-21(20-36-28-10-6-9-25(18-28)31(3,4)35)16-26-13-14-29-23(8-7-15-32(26,29)5)11-12-24-17-27(33)19-30(34)22(24)2/h6,9-12,18,21,26-27,29-30,33-35H,2,7-8,13-17,19-20H2,1,3-5H3/b23-11+,24-12-/t21-,26-,27-,29+,30+,32-/m1/s1. The van der Waals surface area contributed by atoms with Crippen LogP contribution in [0.3, 0.4) is 0 Å². The van der Waals surface area contributed by atoms with Crippen molar-refractivity contribution in [2.24, 2.45) is 23.2 Å². The predicted octanol–water partition coefficient (Wildman–Crippen LogP) is 6.46. The van der Waals surface area contributed by atoms with E-state index in [4.69, 9.17) is 4.74 Å². The largest absolute Gasteiger partial charge is 0.493 e. The van der Waals surface area contributed by atoms with Crippen molar-refractivity contribution >= 4 is 0 Å². The lowest BCUT2D eigenvalue weighted by Crippen LogP contribution is -2.34. The van der Waals surface area contributed by atoms with Gasteiger partial charge in [-0.15, -0.1) is 0 Å². The maximum absolute atomic E-state index is 10.3. The lowest BCUT2D eigenvalue weighted by molar-refractivity contribution is 0.0780. The number of allylic oxidation sites excluding steroid dienone is 3. The van der Waals surface area contributed by atoms with Gasteiger partial charge in [-0.25, -0.2) is 0 Å². The summed E-state index contributed by atoms with van der Waals surface area (Å²) < 4.78 is 6.16. The Hall–Kier alpha value is -1.88. The number of aliphatic hydroxyl groups is 3. The molecule has 0 heterocycles. The van der Waals surface area contributed by atoms with Gasteiger partial charge in [-0.2, -0.15) is 0 Å². The van der Waals surface area contributed by atoms with Crippen LogP contribution in [0.5, 0.6) is 5.75 Å². The predicted molar refractivity (Wildman–Crippen MR) is 146 cm³/mol. The zero-order chi connectivity index (χ0) is 26.1. The second-order valence-electron chi connectivity index (χ2n) is 12.5. The fraction of sp³-hybridized carbons (Fsp3) is 0.625. The van der Waals surface area contributed by atoms with Crippen LogP contribution in [0.25, 0.3) is 0 Å². The summed E-state index contributed by atoms with van der Waals surface area (Å²) in [5.41, 5.74) is 3.62. The molecule has 0 amide bonds. The fourth-order valence-electron chi connectivity index (χ4n) is 6.96. The van der Waals surface area contributed by atoms with Crippen LogP contribution in [0.1, 0.15) is 84.6 Å². The molecule has 0 radical (unpaired) electrons. The summed E-state index contributed by atoms with van der Waals surface area (Å²) >= 11 is 0. The highest BCUT2D eigenvalue weighted by Crippen LogP contribution is 2.59. The lowest BCUT2D eigenvalue weighted by Gasteiger charge is -2.43. The third kappa shape index (κ3) is 5.98. The van der Waals surface area contributed by atoms with E-state index in [0.29, 0.717) is 42.6 Å². The molecular weight excluding hydrogens is 448 g/mol. The van der Waals surface area contributed by atoms with E-state index in [-0.39, 0.29) is 0 Å². The Morgan fingerprint density at radius 2 is 2.00 bits per heavy atom. The van der Waals surface area contributed by atoms with Crippen molar-refractivity contribution in [3.63, 3.8) is 0 Å². The molecule has 4 heteroatoms. The average molecular weight is 495 g/mol. The van der Waals surface area contributed by atoms with Crippen LogP contribution in [0.2, 0.25) is 0 Å². The van der Waals surface area contributed by atoms with Gasteiger partial charge < -0.3 is 20.1 Å².